The normalized spacial score (nSPS) is 26.6. The summed E-state index contributed by atoms with van der Waals surface area (Å²) in [5.41, 5.74) is 0. The maximum atomic E-state index is 12.5. The molecule has 2 atom stereocenters. The minimum absolute atomic E-state index is 0.0771. The van der Waals surface area contributed by atoms with Gasteiger partial charge in [0.2, 0.25) is 5.89 Å². The third kappa shape index (κ3) is 2.44. The van der Waals surface area contributed by atoms with Gasteiger partial charge in [0.05, 0.1) is 0 Å². The first-order valence-corrected chi connectivity index (χ1v) is 7.42. The number of rotatable bonds is 3. The van der Waals surface area contributed by atoms with Crippen LogP contribution in [0.25, 0.3) is 0 Å². The molecule has 6 nitrogen and oxygen atoms in total. The second-order valence-electron chi connectivity index (χ2n) is 5.84. The zero-order chi connectivity index (χ0) is 14.1. The van der Waals surface area contributed by atoms with Gasteiger partial charge >= 0.3 is 0 Å². The zero-order valence-electron chi connectivity index (χ0n) is 12.0. The lowest BCUT2D eigenvalue weighted by molar-refractivity contribution is -0.142. The smallest absolute Gasteiger partial charge is 0.252 e. The van der Waals surface area contributed by atoms with E-state index in [1.807, 2.05) is 18.7 Å². The van der Waals surface area contributed by atoms with E-state index < -0.39 is 0 Å². The number of hydrogen-bond acceptors (Lipinski definition) is 5. The highest BCUT2D eigenvalue weighted by Gasteiger charge is 2.38. The van der Waals surface area contributed by atoms with Crippen molar-refractivity contribution in [2.75, 3.05) is 13.2 Å². The van der Waals surface area contributed by atoms with Crippen molar-refractivity contribution in [1.82, 2.24) is 15.0 Å². The van der Waals surface area contributed by atoms with E-state index in [2.05, 4.69) is 10.1 Å². The molecule has 0 aromatic carbocycles. The van der Waals surface area contributed by atoms with Gasteiger partial charge in [0.1, 0.15) is 12.1 Å². The SMILES string of the molecule is CC(C)c1noc([C@@H]2CCCN2C(=O)[C@H]2CCCO2)n1. The molecule has 1 aromatic heterocycles. The fourth-order valence-corrected chi connectivity index (χ4v) is 2.86. The predicted octanol–water partition coefficient (Wildman–Crippen LogP) is 2.04. The van der Waals surface area contributed by atoms with E-state index in [1.54, 1.807) is 0 Å². The summed E-state index contributed by atoms with van der Waals surface area (Å²) in [6.07, 6.45) is 3.37. The van der Waals surface area contributed by atoms with Crippen LogP contribution < -0.4 is 0 Å². The maximum Gasteiger partial charge on any atom is 0.252 e. The summed E-state index contributed by atoms with van der Waals surface area (Å²) in [7, 11) is 0. The molecule has 2 saturated heterocycles. The Morgan fingerprint density at radius 3 is 2.85 bits per heavy atom. The Kier molecular flexibility index (Phi) is 3.74. The molecular weight excluding hydrogens is 258 g/mol. The van der Waals surface area contributed by atoms with Crippen LogP contribution in [0.15, 0.2) is 4.52 Å². The Balaban J connectivity index is 1.75. The lowest BCUT2D eigenvalue weighted by atomic mass is 10.1. The summed E-state index contributed by atoms with van der Waals surface area (Å²) in [5.74, 6) is 1.58. The first-order chi connectivity index (χ1) is 9.66. The van der Waals surface area contributed by atoms with Crippen molar-refractivity contribution in [1.29, 1.82) is 0 Å². The van der Waals surface area contributed by atoms with Crippen molar-refractivity contribution in [2.45, 2.75) is 57.6 Å². The Morgan fingerprint density at radius 2 is 2.20 bits per heavy atom. The summed E-state index contributed by atoms with van der Waals surface area (Å²) in [6, 6.07) is -0.0771. The van der Waals surface area contributed by atoms with E-state index in [0.717, 1.165) is 32.2 Å². The van der Waals surface area contributed by atoms with Gasteiger partial charge in [0.25, 0.3) is 5.91 Å². The molecule has 0 aliphatic carbocycles. The molecule has 0 saturated carbocycles. The number of aromatic nitrogens is 2. The van der Waals surface area contributed by atoms with E-state index in [0.29, 0.717) is 18.3 Å². The van der Waals surface area contributed by atoms with Crippen LogP contribution in [0.4, 0.5) is 0 Å². The summed E-state index contributed by atoms with van der Waals surface area (Å²) >= 11 is 0. The Labute approximate surface area is 118 Å². The predicted molar refractivity (Wildman–Crippen MR) is 71.0 cm³/mol. The van der Waals surface area contributed by atoms with Crippen molar-refractivity contribution < 1.29 is 14.1 Å². The molecule has 20 heavy (non-hydrogen) atoms. The van der Waals surface area contributed by atoms with Crippen LogP contribution in [0.1, 0.15) is 63.2 Å². The quantitative estimate of drug-likeness (QED) is 0.847. The lowest BCUT2D eigenvalue weighted by Gasteiger charge is -2.24. The molecule has 110 valence electrons. The molecule has 0 bridgehead atoms. The van der Waals surface area contributed by atoms with Crippen LogP contribution in [-0.2, 0) is 9.53 Å². The number of amides is 1. The van der Waals surface area contributed by atoms with Gasteiger partial charge in [-0.05, 0) is 25.7 Å². The van der Waals surface area contributed by atoms with E-state index in [9.17, 15) is 4.79 Å². The van der Waals surface area contributed by atoms with Gasteiger partial charge in [-0.15, -0.1) is 0 Å². The molecule has 1 aromatic rings. The Hall–Kier alpha value is -1.43. The largest absolute Gasteiger partial charge is 0.368 e. The van der Waals surface area contributed by atoms with Crippen LogP contribution >= 0.6 is 0 Å². The second kappa shape index (κ2) is 5.52. The topological polar surface area (TPSA) is 68.5 Å². The van der Waals surface area contributed by atoms with Crippen molar-refractivity contribution >= 4 is 5.91 Å². The minimum atomic E-state index is -0.275. The highest BCUT2D eigenvalue weighted by atomic mass is 16.5. The number of hydrogen-bond donors (Lipinski definition) is 0. The number of carbonyl (C=O) groups excluding carboxylic acids is 1. The van der Waals surface area contributed by atoms with Gasteiger partial charge in [0, 0.05) is 19.1 Å². The standard InChI is InChI=1S/C14H21N3O3/c1-9(2)12-15-13(20-16-12)10-5-3-7-17(10)14(18)11-6-4-8-19-11/h9-11H,3-8H2,1-2H3/t10-,11+/m0/s1. The van der Waals surface area contributed by atoms with Crippen molar-refractivity contribution in [2.24, 2.45) is 0 Å². The summed E-state index contributed by atoms with van der Waals surface area (Å²) in [5, 5.41) is 4.00. The van der Waals surface area contributed by atoms with E-state index in [1.165, 1.54) is 0 Å². The zero-order valence-corrected chi connectivity index (χ0v) is 12.0. The number of ether oxygens (including phenoxy) is 1. The van der Waals surface area contributed by atoms with Crippen molar-refractivity contribution in [3.63, 3.8) is 0 Å². The first kappa shape index (κ1) is 13.5. The van der Waals surface area contributed by atoms with Gasteiger partial charge in [-0.25, -0.2) is 0 Å². The van der Waals surface area contributed by atoms with Crippen LogP contribution in [0, 0.1) is 0 Å². The van der Waals surface area contributed by atoms with Gasteiger partial charge in [-0.1, -0.05) is 19.0 Å². The van der Waals surface area contributed by atoms with E-state index in [-0.39, 0.29) is 24.0 Å². The highest BCUT2D eigenvalue weighted by molar-refractivity contribution is 5.81. The molecule has 6 heteroatoms. The molecule has 0 unspecified atom stereocenters. The average molecular weight is 279 g/mol. The Morgan fingerprint density at radius 1 is 1.35 bits per heavy atom. The lowest BCUT2D eigenvalue weighted by Crippen LogP contribution is -2.38. The number of nitrogens with zero attached hydrogens (tertiary/aromatic N) is 3. The molecule has 3 heterocycles. The van der Waals surface area contributed by atoms with Crippen LogP contribution in [0.5, 0.6) is 0 Å². The van der Waals surface area contributed by atoms with E-state index in [4.69, 9.17) is 9.26 Å². The summed E-state index contributed by atoms with van der Waals surface area (Å²) < 4.78 is 10.9. The van der Waals surface area contributed by atoms with Gasteiger partial charge in [0.15, 0.2) is 5.82 Å². The van der Waals surface area contributed by atoms with Gasteiger partial charge in [-0.3, -0.25) is 4.79 Å². The fourth-order valence-electron chi connectivity index (χ4n) is 2.86. The van der Waals surface area contributed by atoms with Crippen LogP contribution in [0.2, 0.25) is 0 Å². The van der Waals surface area contributed by atoms with Crippen LogP contribution in [0.3, 0.4) is 0 Å². The molecule has 3 rings (SSSR count). The van der Waals surface area contributed by atoms with Gasteiger partial charge in [-0.2, -0.15) is 4.98 Å². The third-order valence-electron chi connectivity index (χ3n) is 4.00. The maximum absolute atomic E-state index is 12.5. The summed E-state index contributed by atoms with van der Waals surface area (Å²) in [6.45, 7) is 5.49. The molecular formula is C14H21N3O3. The van der Waals surface area contributed by atoms with Crippen molar-refractivity contribution in [3.8, 4) is 0 Å². The Bertz CT molecular complexity index is 480. The van der Waals surface area contributed by atoms with Crippen LogP contribution in [-0.4, -0.2) is 40.2 Å². The third-order valence-corrected chi connectivity index (χ3v) is 4.00. The minimum Gasteiger partial charge on any atom is -0.368 e. The monoisotopic (exact) mass is 279 g/mol. The number of likely N-dealkylation sites (tertiary alicyclic amines) is 1. The molecule has 2 aliphatic heterocycles. The highest BCUT2D eigenvalue weighted by Crippen LogP contribution is 2.33. The van der Waals surface area contributed by atoms with Crippen molar-refractivity contribution in [3.05, 3.63) is 11.7 Å². The molecule has 0 N–H and O–H groups in total. The number of carbonyl (C=O) groups is 1. The van der Waals surface area contributed by atoms with E-state index >= 15 is 0 Å². The summed E-state index contributed by atoms with van der Waals surface area (Å²) in [4.78, 5) is 18.8. The first-order valence-electron chi connectivity index (χ1n) is 7.42. The van der Waals surface area contributed by atoms with Gasteiger partial charge < -0.3 is 14.2 Å². The average Bonchev–Trinajstić information content (AvgIpc) is 3.17. The molecule has 0 radical (unpaired) electrons. The molecule has 2 aliphatic rings. The molecule has 2 fully saturated rings. The second-order valence-corrected chi connectivity index (χ2v) is 5.84. The molecule has 0 spiro atoms. The fraction of sp³-hybridized carbons (Fsp3) is 0.786. The molecule has 1 amide bonds.